The Labute approximate surface area is 88.1 Å². The van der Waals surface area contributed by atoms with E-state index in [-0.39, 0.29) is 0 Å². The first kappa shape index (κ1) is 10.4. The van der Waals surface area contributed by atoms with Gasteiger partial charge in [0.25, 0.3) is 0 Å². The Morgan fingerprint density at radius 3 is 2.79 bits per heavy atom. The molecule has 1 saturated heterocycles. The van der Waals surface area contributed by atoms with Gasteiger partial charge in [-0.15, -0.1) is 0 Å². The molecular weight excluding hydrogens is 172 g/mol. The molecule has 0 spiro atoms. The lowest BCUT2D eigenvalue weighted by Gasteiger charge is -2.50. The van der Waals surface area contributed by atoms with Gasteiger partial charge in [0.1, 0.15) is 0 Å². The molecule has 0 aromatic carbocycles. The van der Waals surface area contributed by atoms with Gasteiger partial charge in [-0.2, -0.15) is 0 Å². The highest BCUT2D eigenvalue weighted by Gasteiger charge is 2.41. The van der Waals surface area contributed by atoms with Gasteiger partial charge >= 0.3 is 0 Å². The van der Waals surface area contributed by atoms with E-state index in [0.717, 1.165) is 5.92 Å². The quantitative estimate of drug-likeness (QED) is 0.725. The summed E-state index contributed by atoms with van der Waals surface area (Å²) < 4.78 is 0. The van der Waals surface area contributed by atoms with Crippen LogP contribution >= 0.6 is 0 Å². The Hall–Kier alpha value is -0.0800. The predicted molar refractivity (Wildman–Crippen MR) is 60.5 cm³/mol. The summed E-state index contributed by atoms with van der Waals surface area (Å²) in [6.45, 7) is 9.69. The fourth-order valence-corrected chi connectivity index (χ4v) is 3.00. The van der Waals surface area contributed by atoms with Crippen molar-refractivity contribution in [1.82, 2.24) is 10.2 Å². The molecule has 82 valence electrons. The molecule has 2 fully saturated rings. The van der Waals surface area contributed by atoms with Gasteiger partial charge in [-0.1, -0.05) is 13.8 Å². The summed E-state index contributed by atoms with van der Waals surface area (Å²) in [6, 6.07) is 0. The molecule has 1 heterocycles. The first-order valence-electron chi connectivity index (χ1n) is 6.22. The standard InChI is InChI=1S/C12H24N2/c1-3-12(5-4-6-12)14-8-7-13-9-11(2)10-14/h11,13H,3-10H2,1-2H3. The zero-order valence-corrected chi connectivity index (χ0v) is 9.68. The van der Waals surface area contributed by atoms with Crippen molar-refractivity contribution in [2.24, 2.45) is 5.92 Å². The van der Waals surface area contributed by atoms with E-state index in [0.29, 0.717) is 5.54 Å². The van der Waals surface area contributed by atoms with E-state index in [1.54, 1.807) is 0 Å². The molecule has 0 aromatic heterocycles. The minimum absolute atomic E-state index is 0.598. The predicted octanol–water partition coefficient (Wildman–Crippen LogP) is 1.86. The van der Waals surface area contributed by atoms with E-state index in [2.05, 4.69) is 24.1 Å². The number of nitrogens with zero attached hydrogens (tertiary/aromatic N) is 1. The van der Waals surface area contributed by atoms with E-state index >= 15 is 0 Å². The molecule has 0 amide bonds. The molecule has 2 rings (SSSR count). The van der Waals surface area contributed by atoms with Gasteiger partial charge in [0.15, 0.2) is 0 Å². The van der Waals surface area contributed by atoms with Crippen LogP contribution in [0.3, 0.4) is 0 Å². The average Bonchev–Trinajstić information content (AvgIpc) is 2.30. The second-order valence-electron chi connectivity index (χ2n) is 5.19. The second-order valence-corrected chi connectivity index (χ2v) is 5.19. The third kappa shape index (κ3) is 1.82. The van der Waals surface area contributed by atoms with Crippen molar-refractivity contribution in [3.63, 3.8) is 0 Å². The van der Waals surface area contributed by atoms with Crippen molar-refractivity contribution < 1.29 is 0 Å². The summed E-state index contributed by atoms with van der Waals surface area (Å²) >= 11 is 0. The van der Waals surface area contributed by atoms with E-state index in [4.69, 9.17) is 0 Å². The molecule has 2 aliphatic rings. The maximum atomic E-state index is 3.53. The molecule has 0 aromatic rings. The fourth-order valence-electron chi connectivity index (χ4n) is 3.00. The van der Waals surface area contributed by atoms with Gasteiger partial charge in [0.2, 0.25) is 0 Å². The lowest BCUT2D eigenvalue weighted by Crippen LogP contribution is -2.55. The zero-order valence-electron chi connectivity index (χ0n) is 9.68. The first-order valence-corrected chi connectivity index (χ1v) is 6.22. The first-order chi connectivity index (χ1) is 6.77. The molecule has 2 heteroatoms. The Morgan fingerprint density at radius 2 is 2.21 bits per heavy atom. The summed E-state index contributed by atoms with van der Waals surface area (Å²) in [6.07, 6.45) is 5.68. The molecule has 1 aliphatic heterocycles. The van der Waals surface area contributed by atoms with Crippen molar-refractivity contribution in [2.75, 3.05) is 26.2 Å². The molecular formula is C12H24N2. The number of hydrogen-bond donors (Lipinski definition) is 1. The van der Waals surface area contributed by atoms with Crippen LogP contribution in [0.1, 0.15) is 39.5 Å². The molecule has 1 unspecified atom stereocenters. The molecule has 14 heavy (non-hydrogen) atoms. The molecule has 2 nitrogen and oxygen atoms in total. The Bertz CT molecular complexity index is 181. The Balaban J connectivity index is 2.00. The number of hydrogen-bond acceptors (Lipinski definition) is 2. The van der Waals surface area contributed by atoms with E-state index in [9.17, 15) is 0 Å². The molecule has 0 radical (unpaired) electrons. The van der Waals surface area contributed by atoms with Gasteiger partial charge in [0.05, 0.1) is 0 Å². The molecule has 1 aliphatic carbocycles. The minimum Gasteiger partial charge on any atom is -0.315 e. The van der Waals surface area contributed by atoms with E-state index in [1.165, 1.54) is 51.9 Å². The summed E-state index contributed by atoms with van der Waals surface area (Å²) in [7, 11) is 0. The van der Waals surface area contributed by atoms with Crippen LogP contribution in [0.5, 0.6) is 0 Å². The smallest absolute Gasteiger partial charge is 0.0207 e. The molecule has 1 saturated carbocycles. The van der Waals surface area contributed by atoms with Gasteiger partial charge in [0, 0.05) is 25.2 Å². The van der Waals surface area contributed by atoms with Crippen LogP contribution in [0.15, 0.2) is 0 Å². The highest BCUT2D eigenvalue weighted by molar-refractivity contribution is 4.98. The monoisotopic (exact) mass is 196 g/mol. The maximum absolute atomic E-state index is 3.53. The topological polar surface area (TPSA) is 15.3 Å². The van der Waals surface area contributed by atoms with Crippen LogP contribution in [-0.2, 0) is 0 Å². The molecule has 0 bridgehead atoms. The third-order valence-corrected chi connectivity index (χ3v) is 4.20. The largest absolute Gasteiger partial charge is 0.315 e. The Morgan fingerprint density at radius 1 is 1.43 bits per heavy atom. The van der Waals surface area contributed by atoms with Crippen LogP contribution < -0.4 is 5.32 Å². The molecule has 1 N–H and O–H groups in total. The summed E-state index contributed by atoms with van der Waals surface area (Å²) in [5, 5.41) is 3.53. The van der Waals surface area contributed by atoms with Gasteiger partial charge in [-0.3, -0.25) is 4.90 Å². The number of nitrogens with one attached hydrogen (secondary N) is 1. The van der Waals surface area contributed by atoms with Crippen LogP contribution in [0.25, 0.3) is 0 Å². The highest BCUT2D eigenvalue weighted by atomic mass is 15.2. The van der Waals surface area contributed by atoms with Crippen LogP contribution in [-0.4, -0.2) is 36.6 Å². The van der Waals surface area contributed by atoms with Crippen molar-refractivity contribution in [1.29, 1.82) is 0 Å². The third-order valence-electron chi connectivity index (χ3n) is 4.20. The lowest BCUT2D eigenvalue weighted by molar-refractivity contribution is 0.0102. The fraction of sp³-hybridized carbons (Fsp3) is 1.00. The van der Waals surface area contributed by atoms with Crippen molar-refractivity contribution in [2.45, 2.75) is 45.1 Å². The van der Waals surface area contributed by atoms with Gasteiger partial charge in [-0.05, 0) is 38.1 Å². The van der Waals surface area contributed by atoms with Gasteiger partial charge in [-0.25, -0.2) is 0 Å². The van der Waals surface area contributed by atoms with Crippen molar-refractivity contribution in [3.8, 4) is 0 Å². The van der Waals surface area contributed by atoms with Crippen molar-refractivity contribution >= 4 is 0 Å². The maximum Gasteiger partial charge on any atom is 0.0207 e. The van der Waals surface area contributed by atoms with E-state index in [1.807, 2.05) is 0 Å². The summed E-state index contributed by atoms with van der Waals surface area (Å²) in [5.74, 6) is 0.821. The lowest BCUT2D eigenvalue weighted by atomic mass is 9.73. The Kier molecular flexibility index (Phi) is 3.13. The van der Waals surface area contributed by atoms with Gasteiger partial charge < -0.3 is 5.32 Å². The molecule has 1 atom stereocenters. The zero-order chi connectivity index (χ0) is 10.0. The summed E-state index contributed by atoms with van der Waals surface area (Å²) in [5.41, 5.74) is 0.598. The highest BCUT2D eigenvalue weighted by Crippen LogP contribution is 2.40. The van der Waals surface area contributed by atoms with Crippen LogP contribution in [0, 0.1) is 5.92 Å². The van der Waals surface area contributed by atoms with Crippen LogP contribution in [0.2, 0.25) is 0 Å². The average molecular weight is 196 g/mol. The second kappa shape index (κ2) is 4.19. The SMILES string of the molecule is CCC1(N2CCNCC(C)C2)CCC1. The normalized spacial score (nSPS) is 33.4. The van der Waals surface area contributed by atoms with E-state index < -0.39 is 0 Å². The summed E-state index contributed by atoms with van der Waals surface area (Å²) in [4.78, 5) is 2.77. The van der Waals surface area contributed by atoms with Crippen LogP contribution in [0.4, 0.5) is 0 Å². The van der Waals surface area contributed by atoms with Crippen molar-refractivity contribution in [3.05, 3.63) is 0 Å². The number of rotatable bonds is 2. The minimum atomic E-state index is 0.598.